The topological polar surface area (TPSA) is 0 Å². The van der Waals surface area contributed by atoms with Crippen LogP contribution in [0.15, 0.2) is 46.9 Å². The molecule has 0 aliphatic heterocycles. The van der Waals surface area contributed by atoms with Gasteiger partial charge in [0.05, 0.1) is 4.47 Å². The zero-order chi connectivity index (χ0) is 13.8. The molecule has 0 bridgehead atoms. The summed E-state index contributed by atoms with van der Waals surface area (Å²) in [5.74, 6) is -0.461. The van der Waals surface area contributed by atoms with Gasteiger partial charge in [0, 0.05) is 11.2 Å². The Kier molecular flexibility index (Phi) is 5.11. The van der Waals surface area contributed by atoms with Crippen molar-refractivity contribution in [3.05, 3.63) is 69.7 Å². The molecule has 19 heavy (non-hydrogen) atoms. The number of halogens is 4. The normalized spacial score (nSPS) is 12.4. The van der Waals surface area contributed by atoms with Crippen molar-refractivity contribution >= 4 is 31.9 Å². The second-order valence-corrected chi connectivity index (χ2v) is 5.83. The Bertz CT molecular complexity index is 570. The van der Waals surface area contributed by atoms with Crippen molar-refractivity contribution in [2.75, 3.05) is 5.33 Å². The first-order chi connectivity index (χ1) is 9.11. The number of hydrogen-bond acceptors (Lipinski definition) is 0. The van der Waals surface area contributed by atoms with Crippen LogP contribution in [0.5, 0.6) is 0 Å². The molecular weight excluding hydrogens is 378 g/mol. The van der Waals surface area contributed by atoms with Crippen molar-refractivity contribution < 1.29 is 8.78 Å². The van der Waals surface area contributed by atoms with Crippen LogP contribution < -0.4 is 0 Å². The van der Waals surface area contributed by atoms with Crippen LogP contribution in [-0.2, 0) is 6.42 Å². The first-order valence-corrected chi connectivity index (χ1v) is 7.77. The van der Waals surface area contributed by atoms with Crippen molar-refractivity contribution in [3.8, 4) is 0 Å². The van der Waals surface area contributed by atoms with Crippen molar-refractivity contribution in [1.82, 2.24) is 0 Å². The van der Waals surface area contributed by atoms with E-state index in [9.17, 15) is 8.78 Å². The van der Waals surface area contributed by atoms with E-state index in [1.807, 2.05) is 6.07 Å². The van der Waals surface area contributed by atoms with Crippen LogP contribution >= 0.6 is 31.9 Å². The molecule has 0 saturated heterocycles. The molecule has 0 spiro atoms. The molecule has 1 unspecified atom stereocenters. The molecule has 0 nitrogen and oxygen atoms in total. The van der Waals surface area contributed by atoms with Crippen molar-refractivity contribution in [2.45, 2.75) is 12.3 Å². The Labute approximate surface area is 128 Å². The summed E-state index contributed by atoms with van der Waals surface area (Å²) in [5, 5.41) is 0.656. The Morgan fingerprint density at radius 2 is 1.74 bits per heavy atom. The first kappa shape index (κ1) is 14.7. The zero-order valence-electron chi connectivity index (χ0n) is 10.0. The molecule has 2 aromatic rings. The molecule has 2 aromatic carbocycles. The second kappa shape index (κ2) is 6.62. The highest BCUT2D eigenvalue weighted by atomic mass is 79.9. The minimum Gasteiger partial charge on any atom is -0.207 e. The van der Waals surface area contributed by atoms with Gasteiger partial charge < -0.3 is 0 Å². The smallest absolute Gasteiger partial charge is 0.137 e. The number of rotatable bonds is 4. The summed E-state index contributed by atoms with van der Waals surface area (Å²) in [6, 6.07) is 11.7. The number of alkyl halides is 1. The Hall–Kier alpha value is -0.740. The van der Waals surface area contributed by atoms with Crippen LogP contribution in [0.3, 0.4) is 0 Å². The van der Waals surface area contributed by atoms with E-state index in [-0.39, 0.29) is 17.6 Å². The third-order valence-electron chi connectivity index (χ3n) is 3.00. The van der Waals surface area contributed by atoms with Crippen LogP contribution in [-0.4, -0.2) is 5.33 Å². The summed E-state index contributed by atoms with van der Waals surface area (Å²) in [6.45, 7) is 0. The summed E-state index contributed by atoms with van der Waals surface area (Å²) in [6.07, 6.45) is 0.658. The highest BCUT2D eigenvalue weighted by molar-refractivity contribution is 9.10. The Balaban J connectivity index is 2.24. The minimum absolute atomic E-state index is 0.0264. The van der Waals surface area contributed by atoms with E-state index in [2.05, 4.69) is 31.9 Å². The highest BCUT2D eigenvalue weighted by Crippen LogP contribution is 2.27. The molecule has 0 saturated carbocycles. The van der Waals surface area contributed by atoms with E-state index >= 15 is 0 Å². The molecule has 100 valence electrons. The summed E-state index contributed by atoms with van der Waals surface area (Å²) in [7, 11) is 0. The van der Waals surface area contributed by atoms with Crippen molar-refractivity contribution in [2.24, 2.45) is 0 Å². The molecule has 4 heteroatoms. The average Bonchev–Trinajstić information content (AvgIpc) is 2.41. The summed E-state index contributed by atoms with van der Waals surface area (Å²) >= 11 is 6.59. The number of hydrogen-bond donors (Lipinski definition) is 0. The lowest BCUT2D eigenvalue weighted by Crippen LogP contribution is -2.07. The van der Waals surface area contributed by atoms with Gasteiger partial charge in [-0.25, -0.2) is 8.78 Å². The molecule has 0 N–H and O–H groups in total. The van der Waals surface area contributed by atoms with Gasteiger partial charge in [0.15, 0.2) is 0 Å². The van der Waals surface area contributed by atoms with Gasteiger partial charge in [-0.3, -0.25) is 0 Å². The quantitative estimate of drug-likeness (QED) is 0.610. The van der Waals surface area contributed by atoms with Crippen molar-refractivity contribution in [1.29, 1.82) is 0 Å². The molecule has 0 heterocycles. The predicted octanol–water partition coefficient (Wildman–Crippen LogP) is 5.45. The lowest BCUT2D eigenvalue weighted by molar-refractivity contribution is 0.589. The first-order valence-electron chi connectivity index (χ1n) is 5.86. The third-order valence-corrected chi connectivity index (χ3v) is 4.39. The van der Waals surface area contributed by atoms with Crippen LogP contribution in [0.2, 0.25) is 0 Å². The summed E-state index contributed by atoms with van der Waals surface area (Å²) in [4.78, 5) is 0. The van der Waals surface area contributed by atoms with E-state index in [0.717, 1.165) is 5.56 Å². The molecule has 1 atom stereocenters. The minimum atomic E-state index is -0.287. The lowest BCUT2D eigenvalue weighted by Gasteiger charge is -2.15. The van der Waals surface area contributed by atoms with E-state index in [0.29, 0.717) is 21.8 Å². The molecule has 0 aromatic heterocycles. The molecule has 0 aliphatic rings. The van der Waals surface area contributed by atoms with Gasteiger partial charge in [0.25, 0.3) is 0 Å². The monoisotopic (exact) mass is 388 g/mol. The summed E-state index contributed by atoms with van der Waals surface area (Å²) < 4.78 is 27.4. The zero-order valence-corrected chi connectivity index (χ0v) is 13.2. The van der Waals surface area contributed by atoms with Gasteiger partial charge in [-0.05, 0) is 51.7 Å². The van der Waals surface area contributed by atoms with Crippen LogP contribution in [0, 0.1) is 11.6 Å². The Morgan fingerprint density at radius 3 is 2.37 bits per heavy atom. The molecular formula is C15H12Br2F2. The van der Waals surface area contributed by atoms with E-state index in [1.165, 1.54) is 12.1 Å². The van der Waals surface area contributed by atoms with Crippen LogP contribution in [0.25, 0.3) is 0 Å². The van der Waals surface area contributed by atoms with Gasteiger partial charge in [-0.15, -0.1) is 0 Å². The van der Waals surface area contributed by atoms with Gasteiger partial charge in [-0.1, -0.05) is 40.2 Å². The Morgan fingerprint density at radius 1 is 1.00 bits per heavy atom. The fourth-order valence-electron chi connectivity index (χ4n) is 2.00. The average molecular weight is 390 g/mol. The maximum atomic E-state index is 13.8. The lowest BCUT2D eigenvalue weighted by atomic mass is 9.93. The molecule has 0 fully saturated rings. The van der Waals surface area contributed by atoms with E-state index < -0.39 is 0 Å². The highest BCUT2D eigenvalue weighted by Gasteiger charge is 2.15. The second-order valence-electron chi connectivity index (χ2n) is 4.33. The van der Waals surface area contributed by atoms with Crippen molar-refractivity contribution in [3.63, 3.8) is 0 Å². The van der Waals surface area contributed by atoms with E-state index in [1.54, 1.807) is 24.3 Å². The standard InChI is InChI=1S/C15H12Br2F2/c16-9-11(12-3-1-2-4-14(12)18)7-10-5-6-15(19)13(17)8-10/h1-6,8,11H,7,9H2. The van der Waals surface area contributed by atoms with Crippen LogP contribution in [0.1, 0.15) is 17.0 Å². The van der Waals surface area contributed by atoms with E-state index in [4.69, 9.17) is 0 Å². The molecule has 0 amide bonds. The van der Waals surface area contributed by atoms with Gasteiger partial charge in [-0.2, -0.15) is 0 Å². The predicted molar refractivity (Wildman–Crippen MR) is 80.7 cm³/mol. The molecule has 0 aliphatic carbocycles. The fraction of sp³-hybridized carbons (Fsp3) is 0.200. The summed E-state index contributed by atoms with van der Waals surface area (Å²) in [5.41, 5.74) is 1.65. The third kappa shape index (κ3) is 3.63. The fourth-order valence-corrected chi connectivity index (χ4v) is 3.01. The van der Waals surface area contributed by atoms with Gasteiger partial charge >= 0.3 is 0 Å². The maximum Gasteiger partial charge on any atom is 0.137 e. The van der Waals surface area contributed by atoms with Gasteiger partial charge in [0.2, 0.25) is 0 Å². The van der Waals surface area contributed by atoms with Crippen LogP contribution in [0.4, 0.5) is 8.78 Å². The van der Waals surface area contributed by atoms with Gasteiger partial charge in [0.1, 0.15) is 11.6 Å². The number of benzene rings is 2. The largest absolute Gasteiger partial charge is 0.207 e. The molecule has 2 rings (SSSR count). The molecule has 0 radical (unpaired) electrons. The maximum absolute atomic E-state index is 13.8. The SMILES string of the molecule is Fc1ccc(CC(CBr)c2ccccc2F)cc1Br.